The predicted octanol–water partition coefficient (Wildman–Crippen LogP) is 1.32. The van der Waals surface area contributed by atoms with E-state index in [4.69, 9.17) is 15.2 Å². The number of carbonyl (C=O) groups is 1. The Morgan fingerprint density at radius 1 is 1.37 bits per heavy atom. The molecule has 1 heterocycles. The van der Waals surface area contributed by atoms with Gasteiger partial charge in [-0.05, 0) is 17.7 Å². The Labute approximate surface area is 111 Å². The van der Waals surface area contributed by atoms with Crippen LogP contribution in [-0.2, 0) is 22.5 Å². The van der Waals surface area contributed by atoms with Crippen LogP contribution in [0, 0.1) is 0 Å². The molecule has 0 unspecified atom stereocenters. The minimum atomic E-state index is -0.248. The van der Waals surface area contributed by atoms with Gasteiger partial charge in [0.05, 0.1) is 26.2 Å². The molecule has 0 spiro atoms. The number of hydrogen-bond acceptors (Lipinski definition) is 4. The first-order valence-corrected chi connectivity index (χ1v) is 6.12. The molecule has 19 heavy (non-hydrogen) atoms. The van der Waals surface area contributed by atoms with Crippen molar-refractivity contribution in [1.82, 2.24) is 4.57 Å². The van der Waals surface area contributed by atoms with Gasteiger partial charge in [0, 0.05) is 30.7 Å². The lowest BCUT2D eigenvalue weighted by Gasteiger charge is -2.04. The SMILES string of the molecule is COC(=O)Cc1cn(CCN)c2cc(OC)ccc12. The van der Waals surface area contributed by atoms with E-state index in [1.165, 1.54) is 7.11 Å². The smallest absolute Gasteiger partial charge is 0.310 e. The number of hydrogen-bond donors (Lipinski definition) is 1. The fourth-order valence-electron chi connectivity index (χ4n) is 2.17. The van der Waals surface area contributed by atoms with Crippen LogP contribution in [0.2, 0.25) is 0 Å². The number of ether oxygens (including phenoxy) is 2. The second kappa shape index (κ2) is 5.75. The number of nitrogens with zero attached hydrogens (tertiary/aromatic N) is 1. The van der Waals surface area contributed by atoms with Gasteiger partial charge in [0.25, 0.3) is 0 Å². The van der Waals surface area contributed by atoms with E-state index in [0.29, 0.717) is 13.1 Å². The van der Waals surface area contributed by atoms with Crippen LogP contribution in [0.3, 0.4) is 0 Å². The lowest BCUT2D eigenvalue weighted by molar-refractivity contribution is -0.139. The molecule has 0 saturated carbocycles. The summed E-state index contributed by atoms with van der Waals surface area (Å²) in [5, 5.41) is 1.03. The Morgan fingerprint density at radius 2 is 2.16 bits per heavy atom. The van der Waals surface area contributed by atoms with E-state index in [1.54, 1.807) is 7.11 Å². The van der Waals surface area contributed by atoms with Crippen molar-refractivity contribution in [3.8, 4) is 5.75 Å². The zero-order chi connectivity index (χ0) is 13.8. The van der Waals surface area contributed by atoms with Gasteiger partial charge in [-0.1, -0.05) is 0 Å². The van der Waals surface area contributed by atoms with Crippen LogP contribution in [0.5, 0.6) is 5.75 Å². The van der Waals surface area contributed by atoms with Crippen LogP contribution in [0.4, 0.5) is 0 Å². The predicted molar refractivity (Wildman–Crippen MR) is 73.3 cm³/mol. The second-order valence-electron chi connectivity index (χ2n) is 4.27. The van der Waals surface area contributed by atoms with Crippen LogP contribution in [0.25, 0.3) is 10.9 Å². The number of fused-ring (bicyclic) bond motifs is 1. The van der Waals surface area contributed by atoms with Crippen LogP contribution in [0.15, 0.2) is 24.4 Å². The minimum absolute atomic E-state index is 0.248. The van der Waals surface area contributed by atoms with Gasteiger partial charge in [-0.3, -0.25) is 4.79 Å². The third-order valence-electron chi connectivity index (χ3n) is 3.10. The first-order valence-electron chi connectivity index (χ1n) is 6.12. The van der Waals surface area contributed by atoms with E-state index in [0.717, 1.165) is 22.2 Å². The van der Waals surface area contributed by atoms with Crippen molar-refractivity contribution in [2.75, 3.05) is 20.8 Å². The summed E-state index contributed by atoms with van der Waals surface area (Å²) < 4.78 is 12.0. The van der Waals surface area contributed by atoms with Crippen LogP contribution < -0.4 is 10.5 Å². The van der Waals surface area contributed by atoms with E-state index in [9.17, 15) is 4.79 Å². The van der Waals surface area contributed by atoms with Crippen molar-refractivity contribution in [1.29, 1.82) is 0 Å². The second-order valence-corrected chi connectivity index (χ2v) is 4.27. The van der Waals surface area contributed by atoms with Gasteiger partial charge in [0.2, 0.25) is 0 Å². The molecule has 0 saturated heterocycles. The summed E-state index contributed by atoms with van der Waals surface area (Å²) >= 11 is 0. The summed E-state index contributed by atoms with van der Waals surface area (Å²) in [5.41, 5.74) is 7.57. The summed E-state index contributed by atoms with van der Waals surface area (Å²) in [6.07, 6.45) is 2.21. The molecule has 0 atom stereocenters. The maximum absolute atomic E-state index is 11.4. The van der Waals surface area contributed by atoms with Crippen molar-refractivity contribution < 1.29 is 14.3 Å². The molecule has 0 fully saturated rings. The van der Waals surface area contributed by atoms with Crippen LogP contribution in [-0.4, -0.2) is 31.3 Å². The van der Waals surface area contributed by atoms with Gasteiger partial charge in [-0.2, -0.15) is 0 Å². The van der Waals surface area contributed by atoms with Crippen LogP contribution in [0.1, 0.15) is 5.56 Å². The van der Waals surface area contributed by atoms with Gasteiger partial charge in [-0.15, -0.1) is 0 Å². The normalized spacial score (nSPS) is 10.7. The third kappa shape index (κ3) is 2.71. The highest BCUT2D eigenvalue weighted by atomic mass is 16.5. The number of rotatable bonds is 5. The lowest BCUT2D eigenvalue weighted by atomic mass is 10.1. The summed E-state index contributed by atoms with van der Waals surface area (Å²) in [4.78, 5) is 11.4. The first kappa shape index (κ1) is 13.4. The molecule has 2 N–H and O–H groups in total. The van der Waals surface area contributed by atoms with Crippen LogP contribution >= 0.6 is 0 Å². The monoisotopic (exact) mass is 262 g/mol. The molecule has 2 aromatic rings. The van der Waals surface area contributed by atoms with E-state index in [1.807, 2.05) is 29.0 Å². The fraction of sp³-hybridized carbons (Fsp3) is 0.357. The molecular weight excluding hydrogens is 244 g/mol. The molecule has 1 aromatic carbocycles. The molecule has 5 nitrogen and oxygen atoms in total. The van der Waals surface area contributed by atoms with Gasteiger partial charge in [0.15, 0.2) is 0 Å². The van der Waals surface area contributed by atoms with Crippen molar-refractivity contribution in [3.05, 3.63) is 30.0 Å². The zero-order valence-electron chi connectivity index (χ0n) is 11.2. The van der Waals surface area contributed by atoms with Gasteiger partial charge >= 0.3 is 5.97 Å². The van der Waals surface area contributed by atoms with E-state index < -0.39 is 0 Å². The molecule has 0 aliphatic carbocycles. The van der Waals surface area contributed by atoms with Gasteiger partial charge in [0.1, 0.15) is 5.75 Å². The molecular formula is C14H18N2O3. The molecule has 0 amide bonds. The molecule has 102 valence electrons. The van der Waals surface area contributed by atoms with Gasteiger partial charge in [-0.25, -0.2) is 0 Å². The Balaban J connectivity index is 2.49. The Morgan fingerprint density at radius 3 is 2.79 bits per heavy atom. The average molecular weight is 262 g/mol. The standard InChI is InChI=1S/C14H18N2O3/c1-18-11-3-4-12-10(7-14(17)19-2)9-16(6-5-15)13(12)8-11/h3-4,8-9H,5-7,15H2,1-2H3. The van der Waals surface area contributed by atoms with Crippen molar-refractivity contribution in [2.45, 2.75) is 13.0 Å². The van der Waals surface area contributed by atoms with Gasteiger partial charge < -0.3 is 19.8 Å². The average Bonchev–Trinajstić information content (AvgIpc) is 2.76. The molecule has 0 aliphatic heterocycles. The number of methoxy groups -OCH3 is 2. The van der Waals surface area contributed by atoms with Crippen molar-refractivity contribution >= 4 is 16.9 Å². The number of aromatic nitrogens is 1. The molecule has 1 aromatic heterocycles. The largest absolute Gasteiger partial charge is 0.497 e. The zero-order valence-corrected chi connectivity index (χ0v) is 11.2. The molecule has 0 aliphatic rings. The summed E-state index contributed by atoms with van der Waals surface area (Å²) in [6.45, 7) is 1.24. The quantitative estimate of drug-likeness (QED) is 0.825. The number of carbonyl (C=O) groups excluding carboxylic acids is 1. The summed E-state index contributed by atoms with van der Waals surface area (Å²) in [6, 6.07) is 5.79. The van der Waals surface area contributed by atoms with E-state index >= 15 is 0 Å². The van der Waals surface area contributed by atoms with E-state index in [2.05, 4.69) is 0 Å². The molecule has 5 heteroatoms. The Kier molecular flexibility index (Phi) is 4.06. The molecule has 0 radical (unpaired) electrons. The maximum Gasteiger partial charge on any atom is 0.310 e. The minimum Gasteiger partial charge on any atom is -0.497 e. The topological polar surface area (TPSA) is 66.5 Å². The van der Waals surface area contributed by atoms with Crippen molar-refractivity contribution in [2.24, 2.45) is 5.73 Å². The molecule has 0 bridgehead atoms. The highest BCUT2D eigenvalue weighted by Gasteiger charge is 2.12. The number of nitrogens with two attached hydrogens (primary N) is 1. The number of benzene rings is 1. The van der Waals surface area contributed by atoms with Crippen molar-refractivity contribution in [3.63, 3.8) is 0 Å². The lowest BCUT2D eigenvalue weighted by Crippen LogP contribution is -2.09. The summed E-state index contributed by atoms with van der Waals surface area (Å²) in [7, 11) is 3.02. The third-order valence-corrected chi connectivity index (χ3v) is 3.10. The number of esters is 1. The Bertz CT molecular complexity index is 590. The fourth-order valence-corrected chi connectivity index (χ4v) is 2.17. The summed E-state index contributed by atoms with van der Waals surface area (Å²) in [5.74, 6) is 0.538. The Hall–Kier alpha value is -2.01. The highest BCUT2D eigenvalue weighted by molar-refractivity contribution is 5.88. The molecule has 2 rings (SSSR count). The maximum atomic E-state index is 11.4. The van der Waals surface area contributed by atoms with E-state index in [-0.39, 0.29) is 12.4 Å². The highest BCUT2D eigenvalue weighted by Crippen LogP contribution is 2.26. The first-order chi connectivity index (χ1) is 9.19.